The topological polar surface area (TPSA) is 88.8 Å². The fourth-order valence-electron chi connectivity index (χ4n) is 1.95. The summed E-state index contributed by atoms with van der Waals surface area (Å²) in [5.74, 6) is 0.565. The van der Waals surface area contributed by atoms with Gasteiger partial charge in [-0.25, -0.2) is 18.5 Å². The van der Waals surface area contributed by atoms with Crippen LogP contribution < -0.4 is 5.14 Å². The van der Waals surface area contributed by atoms with E-state index in [1.54, 1.807) is 24.3 Å². The molecule has 108 valence electrons. The first-order valence-corrected chi connectivity index (χ1v) is 8.13. The van der Waals surface area contributed by atoms with Crippen molar-refractivity contribution in [2.75, 3.05) is 0 Å². The lowest BCUT2D eigenvalue weighted by molar-refractivity contribution is 0.598. The van der Waals surface area contributed by atoms with Crippen LogP contribution in [0, 0.1) is 0 Å². The van der Waals surface area contributed by atoms with Gasteiger partial charge in [-0.05, 0) is 36.4 Å². The second-order valence-corrected chi connectivity index (χ2v) is 6.81. The highest BCUT2D eigenvalue weighted by Gasteiger charge is 2.12. The van der Waals surface area contributed by atoms with Crippen molar-refractivity contribution in [1.82, 2.24) is 9.97 Å². The van der Waals surface area contributed by atoms with Crippen molar-refractivity contribution in [2.24, 2.45) is 5.14 Å². The molecule has 0 spiro atoms. The van der Waals surface area contributed by atoms with Gasteiger partial charge in [-0.15, -0.1) is 0 Å². The number of rotatable bonds is 2. The van der Waals surface area contributed by atoms with Gasteiger partial charge in [0.25, 0.3) is 0 Å². The number of H-pyrrole nitrogens is 1. The number of hydrogen-bond donors (Lipinski definition) is 2. The summed E-state index contributed by atoms with van der Waals surface area (Å²) in [6.07, 6.45) is 0. The first-order chi connectivity index (χ1) is 9.84. The SMILES string of the molecule is NS(=O)(=O)c1ccc2nc(-c3ccc(Cl)c(Cl)c3)[nH]c2c1. The zero-order chi connectivity index (χ0) is 15.2. The normalized spacial score (nSPS) is 12.0. The molecule has 8 heteroatoms. The molecule has 0 saturated carbocycles. The Balaban J connectivity index is 2.14. The number of imidazole rings is 1. The number of hydrogen-bond acceptors (Lipinski definition) is 3. The Bertz CT molecular complexity index is 951. The first-order valence-electron chi connectivity index (χ1n) is 5.82. The monoisotopic (exact) mass is 341 g/mol. The van der Waals surface area contributed by atoms with Gasteiger partial charge in [0.05, 0.1) is 26.0 Å². The maximum atomic E-state index is 11.3. The van der Waals surface area contributed by atoms with Crippen molar-refractivity contribution in [1.29, 1.82) is 0 Å². The second kappa shape index (κ2) is 4.99. The number of nitrogens with zero attached hydrogens (tertiary/aromatic N) is 1. The van der Waals surface area contributed by atoms with Gasteiger partial charge in [0.2, 0.25) is 10.0 Å². The van der Waals surface area contributed by atoms with E-state index in [-0.39, 0.29) is 4.90 Å². The molecule has 3 aromatic rings. The summed E-state index contributed by atoms with van der Waals surface area (Å²) in [5.41, 5.74) is 1.95. The minimum Gasteiger partial charge on any atom is -0.338 e. The quantitative estimate of drug-likeness (QED) is 0.750. The van der Waals surface area contributed by atoms with Gasteiger partial charge < -0.3 is 4.98 Å². The number of aromatic amines is 1. The number of fused-ring (bicyclic) bond motifs is 1. The minimum absolute atomic E-state index is 0.0272. The average molecular weight is 342 g/mol. The number of halogens is 2. The molecule has 0 amide bonds. The van der Waals surface area contributed by atoms with Crippen LogP contribution in [0.2, 0.25) is 10.0 Å². The Labute approximate surface area is 130 Å². The Morgan fingerprint density at radius 1 is 1.05 bits per heavy atom. The van der Waals surface area contributed by atoms with E-state index in [4.69, 9.17) is 28.3 Å². The number of primary sulfonamides is 1. The summed E-state index contributed by atoms with van der Waals surface area (Å²) in [7, 11) is -3.75. The average Bonchev–Trinajstić information content (AvgIpc) is 2.83. The van der Waals surface area contributed by atoms with Crippen LogP contribution in [0.5, 0.6) is 0 Å². The lowest BCUT2D eigenvalue weighted by atomic mass is 10.2. The van der Waals surface area contributed by atoms with Gasteiger partial charge in [-0.1, -0.05) is 23.2 Å². The van der Waals surface area contributed by atoms with Gasteiger partial charge >= 0.3 is 0 Å². The standard InChI is InChI=1S/C13H9Cl2N3O2S/c14-9-3-1-7(5-10(9)15)13-17-11-4-2-8(21(16,19)20)6-12(11)18-13/h1-6H,(H,17,18)(H2,16,19,20). The highest BCUT2D eigenvalue weighted by atomic mass is 35.5. The third-order valence-corrected chi connectivity index (χ3v) is 4.62. The molecule has 1 aromatic heterocycles. The zero-order valence-electron chi connectivity index (χ0n) is 10.5. The van der Waals surface area contributed by atoms with Crippen molar-refractivity contribution in [3.63, 3.8) is 0 Å². The molecule has 0 aliphatic heterocycles. The fraction of sp³-hybridized carbons (Fsp3) is 0. The lowest BCUT2D eigenvalue weighted by Crippen LogP contribution is -2.11. The molecule has 3 N–H and O–H groups in total. The van der Waals surface area contributed by atoms with E-state index in [1.807, 2.05) is 0 Å². The van der Waals surface area contributed by atoms with Gasteiger partial charge in [-0.3, -0.25) is 0 Å². The van der Waals surface area contributed by atoms with E-state index in [0.717, 1.165) is 5.56 Å². The molecule has 0 aliphatic rings. The molecule has 0 radical (unpaired) electrons. The van der Waals surface area contributed by atoms with Crippen LogP contribution in [0.1, 0.15) is 0 Å². The molecule has 0 bridgehead atoms. The van der Waals surface area contributed by atoms with E-state index in [2.05, 4.69) is 9.97 Å². The van der Waals surface area contributed by atoms with E-state index in [0.29, 0.717) is 26.9 Å². The number of nitrogens with two attached hydrogens (primary N) is 1. The van der Waals surface area contributed by atoms with Crippen molar-refractivity contribution >= 4 is 44.3 Å². The molecule has 0 atom stereocenters. The molecule has 0 fully saturated rings. The van der Waals surface area contributed by atoms with Crippen molar-refractivity contribution in [2.45, 2.75) is 4.90 Å². The predicted molar refractivity (Wildman–Crippen MR) is 82.9 cm³/mol. The van der Waals surface area contributed by atoms with E-state index < -0.39 is 10.0 Å². The molecular weight excluding hydrogens is 333 g/mol. The van der Waals surface area contributed by atoms with Gasteiger partial charge in [-0.2, -0.15) is 0 Å². The van der Waals surface area contributed by atoms with Crippen molar-refractivity contribution < 1.29 is 8.42 Å². The summed E-state index contributed by atoms with van der Waals surface area (Å²) < 4.78 is 22.7. The molecular formula is C13H9Cl2N3O2S. The molecule has 5 nitrogen and oxygen atoms in total. The minimum atomic E-state index is -3.75. The molecule has 0 aliphatic carbocycles. The van der Waals surface area contributed by atoms with Crippen molar-refractivity contribution in [3.05, 3.63) is 46.4 Å². The smallest absolute Gasteiger partial charge is 0.238 e. The summed E-state index contributed by atoms with van der Waals surface area (Å²) in [6, 6.07) is 9.57. The fourth-order valence-corrected chi connectivity index (χ4v) is 2.78. The molecule has 1 heterocycles. The van der Waals surface area contributed by atoms with Crippen LogP contribution in [-0.2, 0) is 10.0 Å². The maximum absolute atomic E-state index is 11.3. The zero-order valence-corrected chi connectivity index (χ0v) is 12.8. The van der Waals surface area contributed by atoms with Crippen LogP contribution in [-0.4, -0.2) is 18.4 Å². The summed E-state index contributed by atoms with van der Waals surface area (Å²) in [5, 5.41) is 5.98. The largest absolute Gasteiger partial charge is 0.338 e. The van der Waals surface area contributed by atoms with Crippen LogP contribution in [0.25, 0.3) is 22.4 Å². The van der Waals surface area contributed by atoms with E-state index >= 15 is 0 Å². The molecule has 0 saturated heterocycles. The Kier molecular flexibility index (Phi) is 3.41. The van der Waals surface area contributed by atoms with Crippen LogP contribution in [0.4, 0.5) is 0 Å². The van der Waals surface area contributed by atoms with Gasteiger partial charge in [0.15, 0.2) is 0 Å². The molecule has 0 unspecified atom stereocenters. The summed E-state index contributed by atoms with van der Waals surface area (Å²) in [4.78, 5) is 7.45. The number of aromatic nitrogens is 2. The second-order valence-electron chi connectivity index (χ2n) is 4.44. The van der Waals surface area contributed by atoms with Crippen LogP contribution in [0.15, 0.2) is 41.3 Å². The van der Waals surface area contributed by atoms with Gasteiger partial charge in [0, 0.05) is 5.56 Å². The maximum Gasteiger partial charge on any atom is 0.238 e. The number of benzene rings is 2. The lowest BCUT2D eigenvalue weighted by Gasteiger charge is -1.99. The van der Waals surface area contributed by atoms with Crippen molar-refractivity contribution in [3.8, 4) is 11.4 Å². The van der Waals surface area contributed by atoms with E-state index in [1.165, 1.54) is 12.1 Å². The van der Waals surface area contributed by atoms with Crippen LogP contribution >= 0.6 is 23.2 Å². The first kappa shape index (κ1) is 14.3. The predicted octanol–water partition coefficient (Wildman–Crippen LogP) is 3.18. The molecule has 2 aromatic carbocycles. The number of sulfonamides is 1. The Hall–Kier alpha value is -1.60. The number of nitrogens with one attached hydrogen (secondary N) is 1. The van der Waals surface area contributed by atoms with Gasteiger partial charge in [0.1, 0.15) is 5.82 Å². The Morgan fingerprint density at radius 3 is 2.48 bits per heavy atom. The third-order valence-electron chi connectivity index (χ3n) is 2.97. The summed E-state index contributed by atoms with van der Waals surface area (Å²) >= 11 is 11.9. The van der Waals surface area contributed by atoms with E-state index in [9.17, 15) is 8.42 Å². The highest BCUT2D eigenvalue weighted by molar-refractivity contribution is 7.89. The highest BCUT2D eigenvalue weighted by Crippen LogP contribution is 2.28. The summed E-state index contributed by atoms with van der Waals surface area (Å²) in [6.45, 7) is 0. The molecule has 3 rings (SSSR count). The molecule has 21 heavy (non-hydrogen) atoms. The Morgan fingerprint density at radius 2 is 1.81 bits per heavy atom. The third kappa shape index (κ3) is 2.75. The van der Waals surface area contributed by atoms with Crippen LogP contribution in [0.3, 0.4) is 0 Å².